The molecule has 25 heavy (non-hydrogen) atoms. The second-order valence-corrected chi connectivity index (χ2v) is 8.60. The number of rotatable bonds is 10. The average Bonchev–Trinajstić information content (AvgIpc) is 2.64. The molecule has 0 bridgehead atoms. The maximum Gasteiger partial charge on any atom is 0.0902 e. The molecule has 2 atom stereocenters. The Bertz CT molecular complexity index is 453. The third-order valence-corrected chi connectivity index (χ3v) is 6.33. The van der Waals surface area contributed by atoms with Crippen LogP contribution in [0.2, 0.25) is 0 Å². The van der Waals surface area contributed by atoms with Gasteiger partial charge in [0.25, 0.3) is 0 Å². The highest BCUT2D eigenvalue weighted by atomic mass is 16.3. The lowest BCUT2D eigenvalue weighted by molar-refractivity contribution is 0.0942. The van der Waals surface area contributed by atoms with E-state index in [1.54, 1.807) is 6.92 Å². The summed E-state index contributed by atoms with van der Waals surface area (Å²) < 4.78 is 0. The van der Waals surface area contributed by atoms with Crippen molar-refractivity contribution in [1.82, 2.24) is 0 Å². The fourth-order valence-corrected chi connectivity index (χ4v) is 4.34. The van der Waals surface area contributed by atoms with Crippen molar-refractivity contribution in [3.05, 3.63) is 35.4 Å². The maximum absolute atomic E-state index is 11.2. The standard InChI is InChI=1S/C24H39O/c1-4-5-6-21-9-11-22(12-10-21)13-14-23-15-17-24(18-16-23)19(2)7-8-20(3)25/h15-22H,4-14H2,1-3H3/t19?,20?,21-,22-. The number of hydrogen-bond donors (Lipinski definition) is 0. The molecule has 0 aliphatic heterocycles. The fraction of sp³-hybridized carbons (Fsp3) is 0.750. The molecule has 0 saturated heterocycles. The zero-order chi connectivity index (χ0) is 18.1. The van der Waals surface area contributed by atoms with Crippen molar-refractivity contribution in [3.63, 3.8) is 0 Å². The van der Waals surface area contributed by atoms with Gasteiger partial charge in [0, 0.05) is 0 Å². The Kier molecular flexibility index (Phi) is 9.03. The largest absolute Gasteiger partial charge is 0.233 e. The number of hydrogen-bond acceptors (Lipinski definition) is 0. The molecule has 141 valence electrons. The molecule has 1 saturated carbocycles. The summed E-state index contributed by atoms with van der Waals surface area (Å²) in [4.78, 5) is 0. The quantitative estimate of drug-likeness (QED) is 0.424. The summed E-state index contributed by atoms with van der Waals surface area (Å²) in [5.41, 5.74) is 2.88. The molecule has 1 aromatic carbocycles. The minimum atomic E-state index is -0.432. The topological polar surface area (TPSA) is 19.9 Å². The fourth-order valence-electron chi connectivity index (χ4n) is 4.34. The Morgan fingerprint density at radius 1 is 0.920 bits per heavy atom. The highest BCUT2D eigenvalue weighted by Gasteiger charge is 2.20. The van der Waals surface area contributed by atoms with E-state index in [1.165, 1.54) is 68.9 Å². The van der Waals surface area contributed by atoms with Gasteiger partial charge >= 0.3 is 0 Å². The predicted molar refractivity (Wildman–Crippen MR) is 108 cm³/mol. The van der Waals surface area contributed by atoms with Crippen molar-refractivity contribution in [3.8, 4) is 0 Å². The van der Waals surface area contributed by atoms with Crippen LogP contribution in [0.5, 0.6) is 0 Å². The van der Waals surface area contributed by atoms with E-state index in [9.17, 15) is 5.11 Å². The molecule has 1 aromatic rings. The van der Waals surface area contributed by atoms with Crippen LogP contribution in [0, 0.1) is 11.8 Å². The van der Waals surface area contributed by atoms with Gasteiger partial charge in [-0.05, 0) is 61.5 Å². The van der Waals surface area contributed by atoms with Gasteiger partial charge in [0.05, 0.1) is 6.10 Å². The van der Waals surface area contributed by atoms with Crippen molar-refractivity contribution in [2.24, 2.45) is 11.8 Å². The van der Waals surface area contributed by atoms with Gasteiger partial charge in [-0.2, -0.15) is 0 Å². The van der Waals surface area contributed by atoms with Gasteiger partial charge in [0.2, 0.25) is 0 Å². The Morgan fingerprint density at radius 3 is 2.08 bits per heavy atom. The Morgan fingerprint density at radius 2 is 1.52 bits per heavy atom. The van der Waals surface area contributed by atoms with Gasteiger partial charge in [-0.15, -0.1) is 0 Å². The lowest BCUT2D eigenvalue weighted by Crippen LogP contribution is -2.15. The lowest BCUT2D eigenvalue weighted by Gasteiger charge is -2.28. The second-order valence-electron chi connectivity index (χ2n) is 8.60. The van der Waals surface area contributed by atoms with E-state index in [-0.39, 0.29) is 0 Å². The smallest absolute Gasteiger partial charge is 0.0902 e. The van der Waals surface area contributed by atoms with Crippen molar-refractivity contribution in [2.75, 3.05) is 0 Å². The molecule has 2 rings (SSSR count). The van der Waals surface area contributed by atoms with Crippen LogP contribution in [-0.2, 0) is 11.5 Å². The van der Waals surface area contributed by atoms with E-state index in [1.807, 2.05) is 0 Å². The van der Waals surface area contributed by atoms with E-state index in [0.29, 0.717) is 5.92 Å². The van der Waals surface area contributed by atoms with Crippen molar-refractivity contribution < 1.29 is 5.11 Å². The van der Waals surface area contributed by atoms with E-state index in [4.69, 9.17) is 0 Å². The van der Waals surface area contributed by atoms with E-state index < -0.39 is 6.10 Å². The number of aryl methyl sites for hydroxylation is 1. The van der Waals surface area contributed by atoms with Crippen LogP contribution in [-0.4, -0.2) is 6.10 Å². The van der Waals surface area contributed by atoms with Gasteiger partial charge in [-0.3, -0.25) is 0 Å². The monoisotopic (exact) mass is 343 g/mol. The van der Waals surface area contributed by atoms with Crippen LogP contribution in [0.3, 0.4) is 0 Å². The van der Waals surface area contributed by atoms with Crippen molar-refractivity contribution in [2.45, 2.75) is 103 Å². The summed E-state index contributed by atoms with van der Waals surface area (Å²) in [5.74, 6) is 2.48. The molecular formula is C24H39O. The van der Waals surface area contributed by atoms with Gasteiger partial charge in [0.15, 0.2) is 0 Å². The van der Waals surface area contributed by atoms with Crippen LogP contribution >= 0.6 is 0 Å². The van der Waals surface area contributed by atoms with E-state index in [0.717, 1.165) is 24.7 Å². The average molecular weight is 344 g/mol. The minimum absolute atomic E-state index is 0.432. The molecule has 0 aromatic heterocycles. The van der Waals surface area contributed by atoms with Gasteiger partial charge < -0.3 is 0 Å². The third kappa shape index (κ3) is 7.52. The van der Waals surface area contributed by atoms with E-state index >= 15 is 0 Å². The van der Waals surface area contributed by atoms with Crippen LogP contribution < -0.4 is 0 Å². The van der Waals surface area contributed by atoms with Crippen molar-refractivity contribution >= 4 is 0 Å². The number of unbranched alkanes of at least 4 members (excludes halogenated alkanes) is 1. The first-order valence-corrected chi connectivity index (χ1v) is 10.8. The predicted octanol–water partition coefficient (Wildman–Crippen LogP) is 7.32. The number of benzene rings is 1. The molecule has 1 radical (unpaired) electrons. The molecule has 0 N–H and O–H groups in total. The van der Waals surface area contributed by atoms with Crippen LogP contribution in [0.15, 0.2) is 24.3 Å². The Labute approximate surface area is 156 Å². The van der Waals surface area contributed by atoms with Gasteiger partial charge in [-0.1, -0.05) is 83.1 Å². The molecule has 0 amide bonds. The Balaban J connectivity index is 1.69. The zero-order valence-corrected chi connectivity index (χ0v) is 16.8. The highest BCUT2D eigenvalue weighted by Crippen LogP contribution is 2.34. The first kappa shape index (κ1) is 20.5. The molecule has 0 spiro atoms. The van der Waals surface area contributed by atoms with Crippen molar-refractivity contribution in [1.29, 1.82) is 0 Å². The summed E-state index contributed by atoms with van der Waals surface area (Å²) in [6.07, 6.45) is 14.0. The zero-order valence-electron chi connectivity index (χ0n) is 16.8. The molecule has 1 aliphatic carbocycles. The summed E-state index contributed by atoms with van der Waals surface area (Å²) in [6, 6.07) is 9.22. The first-order chi connectivity index (χ1) is 12.1. The Hall–Kier alpha value is -0.820. The minimum Gasteiger partial charge on any atom is -0.233 e. The highest BCUT2D eigenvalue weighted by molar-refractivity contribution is 5.25. The maximum atomic E-state index is 11.2. The molecule has 2 unspecified atom stereocenters. The summed E-state index contributed by atoms with van der Waals surface area (Å²) in [6.45, 7) is 6.32. The third-order valence-electron chi connectivity index (χ3n) is 6.33. The SMILES string of the molecule is CCCC[C@H]1CC[C@H](CCc2ccc(C(C)CCC(C)[O])cc2)CC1. The second kappa shape index (κ2) is 11.0. The van der Waals surface area contributed by atoms with Crippen LogP contribution in [0.25, 0.3) is 0 Å². The molecule has 1 fully saturated rings. The summed E-state index contributed by atoms with van der Waals surface area (Å²) in [7, 11) is 0. The first-order valence-electron chi connectivity index (χ1n) is 10.8. The summed E-state index contributed by atoms with van der Waals surface area (Å²) in [5, 5.41) is 11.2. The normalized spacial score (nSPS) is 23.4. The summed E-state index contributed by atoms with van der Waals surface area (Å²) >= 11 is 0. The molecule has 1 heteroatoms. The van der Waals surface area contributed by atoms with E-state index in [2.05, 4.69) is 38.1 Å². The van der Waals surface area contributed by atoms with Gasteiger partial charge in [-0.25, -0.2) is 5.11 Å². The molecule has 1 aliphatic rings. The lowest BCUT2D eigenvalue weighted by atomic mass is 9.78. The molecule has 0 heterocycles. The molecule has 1 nitrogen and oxygen atoms in total. The van der Waals surface area contributed by atoms with Crippen LogP contribution in [0.1, 0.15) is 102 Å². The van der Waals surface area contributed by atoms with Gasteiger partial charge in [0.1, 0.15) is 0 Å². The molecular weight excluding hydrogens is 304 g/mol. The van der Waals surface area contributed by atoms with Crippen LogP contribution in [0.4, 0.5) is 0 Å².